The lowest BCUT2D eigenvalue weighted by molar-refractivity contribution is 0.391. The van der Waals surface area contributed by atoms with Crippen LogP contribution in [-0.4, -0.2) is 24.9 Å². The Morgan fingerprint density at radius 1 is 1.07 bits per heavy atom. The molecule has 4 aromatic rings. The van der Waals surface area contributed by atoms with Gasteiger partial charge in [-0.1, -0.05) is 30.3 Å². The van der Waals surface area contributed by atoms with Crippen LogP contribution in [0, 0.1) is 5.92 Å². The molecule has 1 atom stereocenters. The van der Waals surface area contributed by atoms with Crippen LogP contribution in [0.5, 0.6) is 5.75 Å². The van der Waals surface area contributed by atoms with Crippen LogP contribution < -0.4 is 11.5 Å². The molecule has 0 spiro atoms. The number of phenolic OH excluding ortho intramolecular Hbond substituents is 1. The highest BCUT2D eigenvalue weighted by Gasteiger charge is 2.21. The molecule has 30 heavy (non-hydrogen) atoms. The maximum absolute atomic E-state index is 10.0. The van der Waals surface area contributed by atoms with Crippen molar-refractivity contribution in [1.82, 2.24) is 19.7 Å². The molecule has 0 bridgehead atoms. The monoisotopic (exact) mass is 400 g/mol. The number of aromatic hydroxyl groups is 1. The smallest absolute Gasteiger partial charge is 0.163 e. The van der Waals surface area contributed by atoms with Gasteiger partial charge in [0.15, 0.2) is 5.65 Å². The van der Waals surface area contributed by atoms with E-state index in [0.29, 0.717) is 34.2 Å². The Morgan fingerprint density at radius 3 is 2.73 bits per heavy atom. The van der Waals surface area contributed by atoms with Gasteiger partial charge in [-0.05, 0) is 54.9 Å². The molecule has 2 heterocycles. The molecular formula is C23H24N6O. The van der Waals surface area contributed by atoms with Crippen molar-refractivity contribution in [3.63, 3.8) is 0 Å². The number of fused-ring (bicyclic) bond motifs is 2. The van der Waals surface area contributed by atoms with Crippen LogP contribution in [0.2, 0.25) is 0 Å². The third-order valence-electron chi connectivity index (χ3n) is 6.06. The summed E-state index contributed by atoms with van der Waals surface area (Å²) in [7, 11) is 0. The van der Waals surface area contributed by atoms with Crippen LogP contribution in [0.15, 0.2) is 48.8 Å². The number of anilines is 2. The minimum absolute atomic E-state index is 0.0199. The van der Waals surface area contributed by atoms with Crippen molar-refractivity contribution >= 4 is 22.5 Å². The number of nitrogens with two attached hydrogens (primary N) is 2. The van der Waals surface area contributed by atoms with Gasteiger partial charge in [0.05, 0.1) is 11.1 Å². The second kappa shape index (κ2) is 7.33. The Kier molecular flexibility index (Phi) is 4.50. The molecule has 0 saturated carbocycles. The summed E-state index contributed by atoms with van der Waals surface area (Å²) in [6, 6.07) is 13.8. The average Bonchev–Trinajstić information content (AvgIpc) is 3.14. The van der Waals surface area contributed by atoms with Gasteiger partial charge >= 0.3 is 0 Å². The SMILES string of the molecule is Nc1ccc(-c2nn(CCC3CCc4ccccc4C3)c3ncnc(N)c23)cc1O. The second-order valence-electron chi connectivity index (χ2n) is 7.97. The van der Waals surface area contributed by atoms with Crippen molar-refractivity contribution in [2.24, 2.45) is 5.92 Å². The van der Waals surface area contributed by atoms with E-state index in [1.54, 1.807) is 12.1 Å². The van der Waals surface area contributed by atoms with Gasteiger partial charge in [0, 0.05) is 12.1 Å². The van der Waals surface area contributed by atoms with Crippen molar-refractivity contribution in [2.45, 2.75) is 32.2 Å². The largest absolute Gasteiger partial charge is 0.506 e. The number of phenols is 1. The zero-order valence-corrected chi connectivity index (χ0v) is 16.6. The molecule has 5 N–H and O–H groups in total. The van der Waals surface area contributed by atoms with Gasteiger partial charge in [-0.25, -0.2) is 14.6 Å². The maximum atomic E-state index is 10.0. The normalized spacial score (nSPS) is 15.9. The summed E-state index contributed by atoms with van der Waals surface area (Å²) in [6.07, 6.45) is 5.90. The predicted molar refractivity (Wildman–Crippen MR) is 118 cm³/mol. The first-order valence-corrected chi connectivity index (χ1v) is 10.2. The van der Waals surface area contributed by atoms with Gasteiger partial charge in [0.2, 0.25) is 0 Å². The summed E-state index contributed by atoms with van der Waals surface area (Å²) in [5.74, 6) is 1.01. The van der Waals surface area contributed by atoms with E-state index in [2.05, 4.69) is 34.2 Å². The number of rotatable bonds is 4. The summed E-state index contributed by atoms with van der Waals surface area (Å²) in [5, 5.41) is 15.5. The first-order valence-electron chi connectivity index (χ1n) is 10.2. The van der Waals surface area contributed by atoms with Crippen LogP contribution in [0.4, 0.5) is 11.5 Å². The highest BCUT2D eigenvalue weighted by Crippen LogP contribution is 2.34. The first-order chi connectivity index (χ1) is 14.6. The van der Waals surface area contributed by atoms with Gasteiger partial charge < -0.3 is 16.6 Å². The minimum Gasteiger partial charge on any atom is -0.506 e. The molecule has 1 aliphatic rings. The summed E-state index contributed by atoms with van der Waals surface area (Å²) < 4.78 is 1.91. The van der Waals surface area contributed by atoms with Crippen molar-refractivity contribution in [3.8, 4) is 17.0 Å². The molecule has 7 heteroatoms. The zero-order valence-electron chi connectivity index (χ0n) is 16.6. The van der Waals surface area contributed by atoms with Gasteiger partial charge in [-0.15, -0.1) is 0 Å². The lowest BCUT2D eigenvalue weighted by Gasteiger charge is -2.24. The van der Waals surface area contributed by atoms with Gasteiger partial charge in [0.1, 0.15) is 23.6 Å². The molecule has 152 valence electrons. The molecule has 0 radical (unpaired) electrons. The fourth-order valence-electron chi connectivity index (χ4n) is 4.40. The van der Waals surface area contributed by atoms with E-state index in [1.807, 2.05) is 10.7 Å². The molecule has 0 aliphatic heterocycles. The Balaban J connectivity index is 1.45. The summed E-state index contributed by atoms with van der Waals surface area (Å²) in [5.41, 5.74) is 17.3. The summed E-state index contributed by atoms with van der Waals surface area (Å²) in [6.45, 7) is 0.751. The minimum atomic E-state index is 0.0199. The third-order valence-corrected chi connectivity index (χ3v) is 6.06. The lowest BCUT2D eigenvalue weighted by Crippen LogP contribution is -2.16. The standard InChI is InChI=1S/C23H24N6O/c24-18-8-7-17(12-19(18)30)21-20-22(25)26-13-27-23(20)29(28-21)10-9-14-5-6-15-3-1-2-4-16(15)11-14/h1-4,7-8,12-14,30H,5-6,9-11,24H2,(H2,25,26,27). The molecule has 0 amide bonds. The summed E-state index contributed by atoms with van der Waals surface area (Å²) >= 11 is 0. The van der Waals surface area contributed by atoms with Crippen molar-refractivity contribution in [1.29, 1.82) is 0 Å². The molecule has 7 nitrogen and oxygen atoms in total. The van der Waals surface area contributed by atoms with Crippen LogP contribution in [0.25, 0.3) is 22.3 Å². The molecule has 1 aliphatic carbocycles. The molecular weight excluding hydrogens is 376 g/mol. The Morgan fingerprint density at radius 2 is 1.90 bits per heavy atom. The van der Waals surface area contributed by atoms with Crippen molar-refractivity contribution < 1.29 is 5.11 Å². The predicted octanol–water partition coefficient (Wildman–Crippen LogP) is 3.56. The highest BCUT2D eigenvalue weighted by molar-refractivity contribution is 5.98. The first kappa shape index (κ1) is 18.4. The van der Waals surface area contributed by atoms with Crippen LogP contribution in [-0.2, 0) is 19.4 Å². The van der Waals surface area contributed by atoms with Crippen LogP contribution in [0.1, 0.15) is 24.0 Å². The van der Waals surface area contributed by atoms with Crippen molar-refractivity contribution in [3.05, 3.63) is 59.9 Å². The number of aromatic nitrogens is 4. The number of nitrogen functional groups attached to an aromatic ring is 2. The zero-order chi connectivity index (χ0) is 20.7. The third kappa shape index (κ3) is 3.22. The Bertz CT molecular complexity index is 1230. The second-order valence-corrected chi connectivity index (χ2v) is 7.97. The average molecular weight is 400 g/mol. The number of hydrogen-bond donors (Lipinski definition) is 3. The fraction of sp³-hybridized carbons (Fsp3) is 0.261. The van der Waals surface area contributed by atoms with E-state index in [9.17, 15) is 5.11 Å². The number of nitrogens with zero attached hydrogens (tertiary/aromatic N) is 4. The molecule has 1 unspecified atom stereocenters. The highest BCUT2D eigenvalue weighted by atomic mass is 16.3. The van der Waals surface area contributed by atoms with E-state index in [0.717, 1.165) is 31.4 Å². The van der Waals surface area contributed by atoms with E-state index in [4.69, 9.17) is 16.6 Å². The molecule has 2 aromatic carbocycles. The topological polar surface area (TPSA) is 116 Å². The van der Waals surface area contributed by atoms with Gasteiger partial charge in [-0.2, -0.15) is 5.10 Å². The number of hydrogen-bond acceptors (Lipinski definition) is 6. The van der Waals surface area contributed by atoms with Crippen LogP contribution in [0.3, 0.4) is 0 Å². The molecule has 2 aromatic heterocycles. The lowest BCUT2D eigenvalue weighted by atomic mass is 9.82. The van der Waals surface area contributed by atoms with E-state index in [-0.39, 0.29) is 5.75 Å². The van der Waals surface area contributed by atoms with Gasteiger partial charge in [-0.3, -0.25) is 0 Å². The van der Waals surface area contributed by atoms with E-state index in [1.165, 1.54) is 23.9 Å². The van der Waals surface area contributed by atoms with Gasteiger partial charge in [0.25, 0.3) is 0 Å². The van der Waals surface area contributed by atoms with E-state index >= 15 is 0 Å². The van der Waals surface area contributed by atoms with E-state index < -0.39 is 0 Å². The molecule has 0 saturated heterocycles. The van der Waals surface area contributed by atoms with Crippen LogP contribution >= 0.6 is 0 Å². The fourth-order valence-corrected chi connectivity index (χ4v) is 4.40. The Hall–Kier alpha value is -3.61. The van der Waals surface area contributed by atoms with Crippen molar-refractivity contribution in [2.75, 3.05) is 11.5 Å². The number of benzene rings is 2. The molecule has 0 fully saturated rings. The number of aryl methyl sites for hydroxylation is 2. The quantitative estimate of drug-likeness (QED) is 0.356. The molecule has 5 rings (SSSR count). The Labute approximate surface area is 174 Å². The summed E-state index contributed by atoms with van der Waals surface area (Å²) in [4.78, 5) is 8.60. The maximum Gasteiger partial charge on any atom is 0.163 e.